The van der Waals surface area contributed by atoms with Crippen LogP contribution in [0, 0.1) is 16.2 Å². The fourth-order valence-corrected chi connectivity index (χ4v) is 7.13. The Labute approximate surface area is 322 Å². The Balaban J connectivity index is 1.06. The van der Waals surface area contributed by atoms with Crippen LogP contribution < -0.4 is 5.41 Å². The van der Waals surface area contributed by atoms with Crippen LogP contribution in [-0.4, -0.2) is 40.1 Å². The summed E-state index contributed by atoms with van der Waals surface area (Å²) in [5.74, 6) is 0. The summed E-state index contributed by atoms with van der Waals surface area (Å²) in [7, 11) is 0. The Morgan fingerprint density at radius 1 is 0.446 bits per heavy atom. The summed E-state index contributed by atoms with van der Waals surface area (Å²) in [5.41, 5.74) is 0.189. The maximum atomic E-state index is 13.6. The molecule has 56 heavy (non-hydrogen) atoms. The normalized spacial score (nSPS) is 11.8. The highest BCUT2D eigenvalue weighted by Crippen LogP contribution is 2.38. The SMILES string of the molecule is N=C(SC(=N)c1ccc2c(ccc3nc(C(=[NH2+])SC(=N)c4cccc(-c5ccccc5C(F)(F)F)n4)ccc32)n1)c1cccc(-c2ccccc2C(F)(F)F)n1. The first-order chi connectivity index (χ1) is 26.7. The molecule has 0 saturated carbocycles. The van der Waals surface area contributed by atoms with E-state index in [9.17, 15) is 26.3 Å². The maximum Gasteiger partial charge on any atom is 0.417 e. The summed E-state index contributed by atoms with van der Waals surface area (Å²) < 4.78 is 81.8. The monoisotopic (exact) mass is 795 g/mol. The van der Waals surface area contributed by atoms with Crippen molar-refractivity contribution in [1.82, 2.24) is 19.9 Å². The number of nitrogens with zero attached hydrogens (tertiary/aromatic N) is 4. The van der Waals surface area contributed by atoms with Crippen molar-refractivity contribution in [2.45, 2.75) is 12.4 Å². The lowest BCUT2D eigenvalue weighted by atomic mass is 10.0. The minimum Gasteiger partial charge on any atom is -0.292 e. The maximum absolute atomic E-state index is 13.6. The van der Waals surface area contributed by atoms with E-state index in [2.05, 4.69) is 19.9 Å². The van der Waals surface area contributed by atoms with Crippen LogP contribution in [0.1, 0.15) is 33.9 Å². The second kappa shape index (κ2) is 15.1. The molecule has 16 heteroatoms. The van der Waals surface area contributed by atoms with Crippen molar-refractivity contribution in [2.24, 2.45) is 0 Å². The zero-order valence-electron chi connectivity index (χ0n) is 28.5. The van der Waals surface area contributed by atoms with Crippen LogP contribution in [0.4, 0.5) is 26.3 Å². The minimum absolute atomic E-state index is 0.0487. The van der Waals surface area contributed by atoms with E-state index in [1.165, 1.54) is 72.8 Å². The molecule has 0 aliphatic rings. The van der Waals surface area contributed by atoms with Gasteiger partial charge in [0.25, 0.3) is 5.04 Å². The minimum atomic E-state index is -4.59. The molecule has 5 N–H and O–H groups in total. The van der Waals surface area contributed by atoms with Crippen LogP contribution in [0.15, 0.2) is 121 Å². The summed E-state index contributed by atoms with van der Waals surface area (Å²) in [6, 6.07) is 29.4. The van der Waals surface area contributed by atoms with E-state index in [0.29, 0.717) is 16.7 Å². The molecule has 0 aliphatic carbocycles. The van der Waals surface area contributed by atoms with Gasteiger partial charge in [0, 0.05) is 33.7 Å². The van der Waals surface area contributed by atoms with Gasteiger partial charge in [0.2, 0.25) is 0 Å². The van der Waals surface area contributed by atoms with Gasteiger partial charge in [0.1, 0.15) is 20.8 Å². The number of hydrogen-bond acceptors (Lipinski definition) is 9. The third-order valence-corrected chi connectivity index (χ3v) is 10.1. The van der Waals surface area contributed by atoms with Gasteiger partial charge < -0.3 is 0 Å². The van der Waals surface area contributed by atoms with E-state index < -0.39 is 23.5 Å². The number of pyridine rings is 4. The molecule has 8 nitrogen and oxygen atoms in total. The highest BCUT2D eigenvalue weighted by atomic mass is 32.2. The number of fused-ring (bicyclic) bond motifs is 3. The van der Waals surface area contributed by atoms with Crippen LogP contribution in [0.25, 0.3) is 44.3 Å². The summed E-state index contributed by atoms with van der Waals surface area (Å²) in [5, 5.41) is 33.5. The van der Waals surface area contributed by atoms with Crippen LogP contribution in [0.2, 0.25) is 0 Å². The summed E-state index contributed by atoms with van der Waals surface area (Å²) in [6.07, 6.45) is -9.17. The first kappa shape index (κ1) is 38.0. The smallest absolute Gasteiger partial charge is 0.292 e. The van der Waals surface area contributed by atoms with Crippen LogP contribution in [0.5, 0.6) is 0 Å². The second-order valence-electron chi connectivity index (χ2n) is 12.1. The lowest BCUT2D eigenvalue weighted by Crippen LogP contribution is -2.39. The van der Waals surface area contributed by atoms with Gasteiger partial charge in [-0.15, -0.1) is 0 Å². The zero-order chi connectivity index (χ0) is 39.8. The largest absolute Gasteiger partial charge is 0.417 e. The summed E-state index contributed by atoms with van der Waals surface area (Å²) >= 11 is 1.63. The van der Waals surface area contributed by atoms with Crippen molar-refractivity contribution in [3.8, 4) is 22.5 Å². The van der Waals surface area contributed by atoms with Crippen LogP contribution in [0.3, 0.4) is 0 Å². The van der Waals surface area contributed by atoms with Gasteiger partial charge in [-0.05, 0) is 84.6 Å². The van der Waals surface area contributed by atoms with E-state index in [-0.39, 0.29) is 59.8 Å². The number of nitrogens with one attached hydrogen (secondary N) is 3. The number of halogens is 6. The molecule has 278 valence electrons. The molecule has 0 spiro atoms. The van der Waals surface area contributed by atoms with Crippen molar-refractivity contribution in [3.63, 3.8) is 0 Å². The second-order valence-corrected chi connectivity index (χ2v) is 14.1. The average Bonchev–Trinajstić information content (AvgIpc) is 3.19. The van der Waals surface area contributed by atoms with Crippen molar-refractivity contribution >= 4 is 65.5 Å². The van der Waals surface area contributed by atoms with Gasteiger partial charge in [-0.1, -0.05) is 48.5 Å². The van der Waals surface area contributed by atoms with Crippen molar-refractivity contribution in [2.75, 3.05) is 0 Å². The summed E-state index contributed by atoms with van der Waals surface area (Å²) in [6.45, 7) is 0. The predicted molar refractivity (Wildman–Crippen MR) is 208 cm³/mol. The van der Waals surface area contributed by atoms with Crippen molar-refractivity contribution in [3.05, 3.63) is 155 Å². The van der Waals surface area contributed by atoms with Crippen LogP contribution in [-0.2, 0) is 12.4 Å². The lowest BCUT2D eigenvalue weighted by molar-refractivity contribution is -0.137. The lowest BCUT2D eigenvalue weighted by Gasteiger charge is -2.13. The molecule has 4 aromatic heterocycles. The summed E-state index contributed by atoms with van der Waals surface area (Å²) in [4.78, 5) is 17.9. The molecule has 0 amide bonds. The molecule has 0 radical (unpaired) electrons. The standard InChI is InChI=1S/C40H24F6N8S2/c41-39(42,43)25-9-3-1-7-23(25)27-11-5-13-31(51-27)35(47)55-37(49)33-17-15-21-22-16-18-34(54-30(22)20-19-29(21)53-33)38(50)56-36(48)32-14-6-12-28(52-32)24-8-2-4-10-26(24)40(44,45)46/h1-20,47-50H/p+1. The zero-order valence-corrected chi connectivity index (χ0v) is 30.1. The Kier molecular flexibility index (Phi) is 10.3. The molecule has 0 bridgehead atoms. The van der Waals surface area contributed by atoms with E-state index in [0.717, 1.165) is 46.4 Å². The number of nitrogens with two attached hydrogens (primary N) is 1. The van der Waals surface area contributed by atoms with Gasteiger partial charge in [0.15, 0.2) is 0 Å². The van der Waals surface area contributed by atoms with Gasteiger partial charge in [-0.25, -0.2) is 25.3 Å². The molecule has 4 heterocycles. The topological polar surface area (TPSA) is 149 Å². The molecular formula is C40H25F6N8S2+. The number of aromatic nitrogens is 4. The highest BCUT2D eigenvalue weighted by Gasteiger charge is 2.35. The van der Waals surface area contributed by atoms with E-state index >= 15 is 0 Å². The number of hydrogen-bond donors (Lipinski definition) is 4. The fraction of sp³-hybridized carbons (Fsp3) is 0.0500. The molecule has 7 rings (SSSR count). The van der Waals surface area contributed by atoms with E-state index in [4.69, 9.17) is 21.6 Å². The Morgan fingerprint density at radius 2 is 0.857 bits per heavy atom. The molecule has 3 aromatic carbocycles. The Bertz CT molecular complexity index is 2550. The number of thioether (sulfide) groups is 2. The van der Waals surface area contributed by atoms with Gasteiger partial charge >= 0.3 is 12.4 Å². The molecule has 0 aliphatic heterocycles. The van der Waals surface area contributed by atoms with Gasteiger partial charge in [0.05, 0.1) is 50.6 Å². The Morgan fingerprint density at radius 3 is 1.34 bits per heavy atom. The highest BCUT2D eigenvalue weighted by molar-refractivity contribution is 8.27. The van der Waals surface area contributed by atoms with E-state index in [1.807, 2.05) is 0 Å². The molecule has 0 unspecified atom stereocenters. The number of benzene rings is 3. The first-order valence-corrected chi connectivity index (χ1v) is 18.0. The number of alkyl halides is 6. The molecule has 0 atom stereocenters. The molecule has 0 fully saturated rings. The van der Waals surface area contributed by atoms with E-state index in [1.54, 1.807) is 36.4 Å². The first-order valence-electron chi connectivity index (χ1n) is 16.4. The average molecular weight is 796 g/mol. The Hall–Kier alpha value is -6.26. The fourth-order valence-electron chi connectivity index (χ4n) is 5.83. The van der Waals surface area contributed by atoms with Gasteiger partial charge in [-0.3, -0.25) is 16.2 Å². The molecule has 7 aromatic rings. The van der Waals surface area contributed by atoms with Crippen LogP contribution >= 0.6 is 23.5 Å². The molecule has 0 saturated heterocycles. The van der Waals surface area contributed by atoms with Gasteiger partial charge in [-0.2, -0.15) is 26.3 Å². The van der Waals surface area contributed by atoms with Crippen molar-refractivity contribution < 1.29 is 31.8 Å². The third kappa shape index (κ3) is 7.92. The molecular weight excluding hydrogens is 771 g/mol. The third-order valence-electron chi connectivity index (χ3n) is 8.42. The number of rotatable bonds is 6. The quantitative estimate of drug-likeness (QED) is 0.0571. The predicted octanol–water partition coefficient (Wildman–Crippen LogP) is 9.29. The van der Waals surface area contributed by atoms with Crippen molar-refractivity contribution in [1.29, 1.82) is 16.2 Å².